The van der Waals surface area contributed by atoms with Crippen LogP contribution in [0.3, 0.4) is 0 Å². The highest BCUT2D eigenvalue weighted by Crippen LogP contribution is 2.34. The van der Waals surface area contributed by atoms with E-state index in [1.165, 1.54) is 11.0 Å². The predicted molar refractivity (Wildman–Crippen MR) is 71.8 cm³/mol. The van der Waals surface area contributed by atoms with Crippen LogP contribution in [0, 0.1) is 17.2 Å². The molecule has 1 aliphatic rings. The third kappa shape index (κ3) is 4.31. The number of alkyl halides is 3. The van der Waals surface area contributed by atoms with Crippen LogP contribution < -0.4 is 4.90 Å². The Morgan fingerprint density at radius 3 is 2.55 bits per heavy atom. The van der Waals surface area contributed by atoms with E-state index in [1.54, 1.807) is 12.1 Å². The maximum Gasteiger partial charge on any atom is 0.405 e. The highest BCUT2D eigenvalue weighted by molar-refractivity contribution is 6.31. The Balaban J connectivity index is 2.19. The molecule has 0 unspecified atom stereocenters. The zero-order valence-electron chi connectivity index (χ0n) is 10.8. The minimum atomic E-state index is -4.24. The normalized spacial score (nSPS) is 14.9. The van der Waals surface area contributed by atoms with E-state index < -0.39 is 12.7 Å². The van der Waals surface area contributed by atoms with Gasteiger partial charge in [-0.1, -0.05) is 17.7 Å². The molecule has 2 rings (SSSR count). The van der Waals surface area contributed by atoms with Crippen LogP contribution in [0.4, 0.5) is 18.9 Å². The van der Waals surface area contributed by atoms with Crippen LogP contribution in [0.5, 0.6) is 0 Å². The summed E-state index contributed by atoms with van der Waals surface area (Å²) in [5, 5.41) is 8.97. The summed E-state index contributed by atoms with van der Waals surface area (Å²) in [4.78, 5) is 1.32. The lowest BCUT2D eigenvalue weighted by Gasteiger charge is -2.26. The Labute approximate surface area is 120 Å². The summed E-state index contributed by atoms with van der Waals surface area (Å²) in [5.74, 6) is 0.343. The first-order valence-electron chi connectivity index (χ1n) is 6.36. The molecule has 1 saturated carbocycles. The number of hydrogen-bond acceptors (Lipinski definition) is 2. The summed E-state index contributed by atoms with van der Waals surface area (Å²) >= 11 is 6.02. The molecule has 0 atom stereocenters. The summed E-state index contributed by atoms with van der Waals surface area (Å²) in [5.41, 5.74) is 1.09. The fourth-order valence-corrected chi connectivity index (χ4v) is 2.29. The molecule has 0 heterocycles. The molecule has 0 spiro atoms. The van der Waals surface area contributed by atoms with Gasteiger partial charge in [0, 0.05) is 17.3 Å². The third-order valence-electron chi connectivity index (χ3n) is 3.22. The van der Waals surface area contributed by atoms with Crippen molar-refractivity contribution in [3.05, 3.63) is 28.8 Å². The van der Waals surface area contributed by atoms with Crippen molar-refractivity contribution in [3.63, 3.8) is 0 Å². The number of rotatable bonds is 5. The van der Waals surface area contributed by atoms with Gasteiger partial charge >= 0.3 is 6.18 Å². The summed E-state index contributed by atoms with van der Waals surface area (Å²) in [6, 6.07) is 6.72. The topological polar surface area (TPSA) is 27.0 Å². The largest absolute Gasteiger partial charge is 0.405 e. The van der Waals surface area contributed by atoms with Gasteiger partial charge in [0.05, 0.1) is 12.5 Å². The number of halogens is 4. The summed E-state index contributed by atoms with van der Waals surface area (Å²) in [6.07, 6.45) is -2.13. The van der Waals surface area contributed by atoms with Gasteiger partial charge in [-0.3, -0.25) is 0 Å². The summed E-state index contributed by atoms with van der Waals surface area (Å²) in [7, 11) is 0. The van der Waals surface area contributed by atoms with Crippen molar-refractivity contribution in [2.45, 2.75) is 25.4 Å². The van der Waals surface area contributed by atoms with Crippen LogP contribution in [0.15, 0.2) is 18.2 Å². The Morgan fingerprint density at radius 1 is 1.35 bits per heavy atom. The molecule has 0 amide bonds. The molecule has 0 aromatic heterocycles. The van der Waals surface area contributed by atoms with Gasteiger partial charge in [0.1, 0.15) is 6.54 Å². The first-order valence-corrected chi connectivity index (χ1v) is 6.74. The summed E-state index contributed by atoms with van der Waals surface area (Å²) in [6.45, 7) is -0.579. The quantitative estimate of drug-likeness (QED) is 0.815. The molecule has 1 aromatic rings. The van der Waals surface area contributed by atoms with Crippen LogP contribution in [0.1, 0.15) is 18.4 Å². The van der Waals surface area contributed by atoms with Crippen LogP contribution in [-0.4, -0.2) is 19.3 Å². The van der Waals surface area contributed by atoms with E-state index in [2.05, 4.69) is 0 Å². The Bertz CT molecular complexity index is 518. The highest BCUT2D eigenvalue weighted by Gasteiger charge is 2.34. The van der Waals surface area contributed by atoms with Crippen LogP contribution in [0.2, 0.25) is 5.02 Å². The second kappa shape index (κ2) is 5.92. The Kier molecular flexibility index (Phi) is 4.44. The van der Waals surface area contributed by atoms with Crippen molar-refractivity contribution >= 4 is 17.3 Å². The van der Waals surface area contributed by atoms with Crippen molar-refractivity contribution < 1.29 is 13.2 Å². The molecule has 1 aliphatic carbocycles. The van der Waals surface area contributed by atoms with E-state index in [1.807, 2.05) is 6.07 Å². The standard InChI is InChI=1S/C14H14ClF3N2/c15-13-7-12(4-3-11(13)5-6-19)20(8-10-1-2-10)9-14(16,17)18/h3-4,7,10H,1-2,5,8-9H2. The molecule has 0 saturated heterocycles. The van der Waals surface area contributed by atoms with Gasteiger partial charge < -0.3 is 4.90 Å². The zero-order chi connectivity index (χ0) is 14.8. The molecule has 1 fully saturated rings. The first kappa shape index (κ1) is 15.0. The minimum absolute atomic E-state index is 0.154. The lowest BCUT2D eigenvalue weighted by molar-refractivity contribution is -0.119. The van der Waals surface area contributed by atoms with Gasteiger partial charge in [-0.15, -0.1) is 0 Å². The summed E-state index contributed by atoms with van der Waals surface area (Å²) < 4.78 is 37.9. The molecule has 0 N–H and O–H groups in total. The number of benzene rings is 1. The average Bonchev–Trinajstić information content (AvgIpc) is 3.13. The molecule has 0 bridgehead atoms. The molecule has 6 heteroatoms. The molecule has 0 radical (unpaired) electrons. The monoisotopic (exact) mass is 302 g/mol. The lowest BCUT2D eigenvalue weighted by Crippen LogP contribution is -2.35. The molecule has 1 aromatic carbocycles. The lowest BCUT2D eigenvalue weighted by atomic mass is 10.1. The molecule has 108 valence electrons. The average molecular weight is 303 g/mol. The third-order valence-corrected chi connectivity index (χ3v) is 3.57. The van der Waals surface area contributed by atoms with Crippen molar-refractivity contribution in [1.29, 1.82) is 5.26 Å². The van der Waals surface area contributed by atoms with Crippen LogP contribution >= 0.6 is 11.6 Å². The molecule has 0 aliphatic heterocycles. The number of hydrogen-bond donors (Lipinski definition) is 0. The molecule has 2 nitrogen and oxygen atoms in total. The van der Waals surface area contributed by atoms with Crippen LogP contribution in [-0.2, 0) is 6.42 Å². The van der Waals surface area contributed by atoms with Gasteiger partial charge in [-0.05, 0) is 36.5 Å². The number of nitriles is 1. The van der Waals surface area contributed by atoms with E-state index >= 15 is 0 Å². The van der Waals surface area contributed by atoms with Gasteiger partial charge in [0.2, 0.25) is 0 Å². The maximum absolute atomic E-state index is 12.6. The second-order valence-electron chi connectivity index (χ2n) is 5.05. The van der Waals surface area contributed by atoms with E-state index in [0.717, 1.165) is 12.8 Å². The SMILES string of the molecule is N#CCc1ccc(N(CC2CC2)CC(F)(F)F)cc1Cl. The zero-order valence-corrected chi connectivity index (χ0v) is 11.5. The van der Waals surface area contributed by atoms with Gasteiger partial charge in [-0.25, -0.2) is 0 Å². The fraction of sp³-hybridized carbons (Fsp3) is 0.500. The van der Waals surface area contributed by atoms with E-state index in [9.17, 15) is 13.2 Å². The molecule has 20 heavy (non-hydrogen) atoms. The minimum Gasteiger partial charge on any atom is -0.362 e. The first-order chi connectivity index (χ1) is 9.39. The van der Waals surface area contributed by atoms with Gasteiger partial charge in [0.25, 0.3) is 0 Å². The molecular weight excluding hydrogens is 289 g/mol. The Morgan fingerprint density at radius 2 is 2.05 bits per heavy atom. The van der Waals surface area contributed by atoms with E-state index in [0.29, 0.717) is 28.7 Å². The number of nitrogens with zero attached hydrogens (tertiary/aromatic N) is 2. The van der Waals surface area contributed by atoms with Gasteiger partial charge in [-0.2, -0.15) is 18.4 Å². The van der Waals surface area contributed by atoms with E-state index in [-0.39, 0.29) is 6.42 Å². The van der Waals surface area contributed by atoms with Crippen molar-refractivity contribution in [2.75, 3.05) is 18.0 Å². The van der Waals surface area contributed by atoms with Crippen molar-refractivity contribution in [1.82, 2.24) is 0 Å². The van der Waals surface area contributed by atoms with Gasteiger partial charge in [0.15, 0.2) is 0 Å². The highest BCUT2D eigenvalue weighted by atomic mass is 35.5. The fourth-order valence-electron chi connectivity index (χ4n) is 2.05. The number of anilines is 1. The maximum atomic E-state index is 12.6. The molecular formula is C14H14ClF3N2. The van der Waals surface area contributed by atoms with E-state index in [4.69, 9.17) is 16.9 Å². The van der Waals surface area contributed by atoms with Crippen molar-refractivity contribution in [3.8, 4) is 6.07 Å². The predicted octanol–water partition coefficient (Wildman–Crippen LogP) is 4.18. The van der Waals surface area contributed by atoms with Crippen molar-refractivity contribution in [2.24, 2.45) is 5.92 Å². The van der Waals surface area contributed by atoms with Crippen LogP contribution in [0.25, 0.3) is 0 Å². The smallest absolute Gasteiger partial charge is 0.362 e. The second-order valence-corrected chi connectivity index (χ2v) is 5.46. The Hall–Kier alpha value is -1.41.